The largest absolute Gasteiger partial charge is 0.352 e. The second kappa shape index (κ2) is 8.62. The molecule has 1 amide bonds. The van der Waals surface area contributed by atoms with Crippen LogP contribution in [0.3, 0.4) is 0 Å². The summed E-state index contributed by atoms with van der Waals surface area (Å²) in [5.74, 6) is -0.0892. The van der Waals surface area contributed by atoms with E-state index in [1.165, 1.54) is 32.1 Å². The number of carbonyl (C=O) groups excluding carboxylic acids is 1. The summed E-state index contributed by atoms with van der Waals surface area (Å²) >= 11 is 0. The van der Waals surface area contributed by atoms with Gasteiger partial charge in [0.15, 0.2) is 9.84 Å². The maximum Gasteiger partial charge on any atom is 0.251 e. The smallest absolute Gasteiger partial charge is 0.251 e. The van der Waals surface area contributed by atoms with Gasteiger partial charge in [0.05, 0.1) is 24.9 Å². The second-order valence-corrected chi connectivity index (χ2v) is 9.07. The second-order valence-electron chi connectivity index (χ2n) is 6.93. The van der Waals surface area contributed by atoms with Crippen LogP contribution in [0.25, 0.3) is 0 Å². The molecule has 1 unspecified atom stereocenters. The number of piperidine rings is 1. The van der Waals surface area contributed by atoms with E-state index in [1.54, 1.807) is 29.2 Å². The van der Waals surface area contributed by atoms with Crippen molar-refractivity contribution in [3.05, 3.63) is 35.4 Å². The topological polar surface area (TPSA) is 67.7 Å². The van der Waals surface area contributed by atoms with E-state index in [9.17, 15) is 13.2 Å². The van der Waals surface area contributed by atoms with Crippen LogP contribution in [0.15, 0.2) is 24.3 Å². The zero-order valence-electron chi connectivity index (χ0n) is 14.7. The van der Waals surface area contributed by atoms with Crippen molar-refractivity contribution in [3.8, 4) is 0 Å². The first-order valence-corrected chi connectivity index (χ1v) is 10.8. The number of hydrogen-bond acceptors (Lipinski definition) is 3. The lowest BCUT2D eigenvalue weighted by Crippen LogP contribution is -3.16. The Balaban J connectivity index is 1.74. The van der Waals surface area contributed by atoms with Gasteiger partial charge in [0, 0.05) is 24.8 Å². The van der Waals surface area contributed by atoms with E-state index in [-0.39, 0.29) is 11.7 Å². The highest BCUT2D eigenvalue weighted by atomic mass is 32.2. The summed E-state index contributed by atoms with van der Waals surface area (Å²) in [6.45, 7) is 5.34. The van der Waals surface area contributed by atoms with Crippen molar-refractivity contribution < 1.29 is 18.1 Å². The lowest BCUT2D eigenvalue weighted by Gasteiger charge is -2.30. The van der Waals surface area contributed by atoms with Gasteiger partial charge >= 0.3 is 0 Å². The molecule has 1 aromatic carbocycles. The molecule has 2 N–H and O–H groups in total. The summed E-state index contributed by atoms with van der Waals surface area (Å²) in [6.07, 6.45) is 6.15. The lowest BCUT2D eigenvalue weighted by atomic mass is 10.0. The zero-order chi connectivity index (χ0) is 17.6. The summed E-state index contributed by atoms with van der Waals surface area (Å²) < 4.78 is 22.5. The molecule has 134 valence electrons. The minimum Gasteiger partial charge on any atom is -0.352 e. The Bertz CT molecular complexity index is 641. The van der Waals surface area contributed by atoms with E-state index in [2.05, 4.69) is 12.2 Å². The fraction of sp³-hybridized carbons (Fsp3) is 0.611. The molecule has 2 rings (SSSR count). The maximum absolute atomic E-state index is 12.1. The van der Waals surface area contributed by atoms with Crippen molar-refractivity contribution in [2.75, 3.05) is 25.9 Å². The highest BCUT2D eigenvalue weighted by Crippen LogP contribution is 2.08. The van der Waals surface area contributed by atoms with E-state index in [1.807, 2.05) is 0 Å². The van der Waals surface area contributed by atoms with Crippen LogP contribution in [0, 0.1) is 0 Å². The van der Waals surface area contributed by atoms with Crippen molar-refractivity contribution in [1.29, 1.82) is 0 Å². The summed E-state index contributed by atoms with van der Waals surface area (Å²) in [5, 5.41) is 2.95. The average molecular weight is 354 g/mol. The third kappa shape index (κ3) is 6.24. The third-order valence-corrected chi connectivity index (χ3v) is 5.54. The molecule has 0 bridgehead atoms. The van der Waals surface area contributed by atoms with Gasteiger partial charge in [-0.2, -0.15) is 0 Å². The van der Waals surface area contributed by atoms with Crippen LogP contribution in [0.4, 0.5) is 0 Å². The number of likely N-dealkylation sites (tertiary alicyclic amines) is 1. The normalized spacial score (nSPS) is 21.4. The molecule has 2 atom stereocenters. The molecule has 0 spiro atoms. The van der Waals surface area contributed by atoms with Gasteiger partial charge in [-0.15, -0.1) is 0 Å². The van der Waals surface area contributed by atoms with Crippen molar-refractivity contribution in [3.63, 3.8) is 0 Å². The highest BCUT2D eigenvalue weighted by molar-refractivity contribution is 7.89. The summed E-state index contributed by atoms with van der Waals surface area (Å²) in [7, 11) is -3.05. The Labute approximate surface area is 145 Å². The van der Waals surface area contributed by atoms with Crippen molar-refractivity contribution >= 4 is 15.7 Å². The van der Waals surface area contributed by atoms with Gasteiger partial charge in [-0.3, -0.25) is 4.79 Å². The predicted molar refractivity (Wildman–Crippen MR) is 95.9 cm³/mol. The SMILES string of the molecule is C[C@@H]1CCCC[NH+]1CCCNC(=O)c1ccc(CS(C)(=O)=O)cc1. The van der Waals surface area contributed by atoms with Crippen molar-refractivity contribution in [2.24, 2.45) is 0 Å². The molecular formula is C18H29N2O3S+. The van der Waals surface area contributed by atoms with E-state index < -0.39 is 9.84 Å². The molecule has 6 heteroatoms. The molecule has 1 fully saturated rings. The van der Waals surface area contributed by atoms with E-state index in [0.717, 1.165) is 19.0 Å². The Morgan fingerprint density at radius 1 is 1.25 bits per heavy atom. The number of carbonyl (C=O) groups is 1. The minimum atomic E-state index is -3.05. The zero-order valence-corrected chi connectivity index (χ0v) is 15.5. The fourth-order valence-corrected chi connectivity index (χ4v) is 4.10. The molecule has 1 aromatic rings. The van der Waals surface area contributed by atoms with Gasteiger partial charge in [0.25, 0.3) is 5.91 Å². The number of hydrogen-bond donors (Lipinski definition) is 2. The number of nitrogens with one attached hydrogen (secondary N) is 2. The monoisotopic (exact) mass is 353 g/mol. The first kappa shape index (κ1) is 18.9. The van der Waals surface area contributed by atoms with Gasteiger partial charge in [0.1, 0.15) is 0 Å². The molecule has 0 aliphatic carbocycles. The number of amides is 1. The number of rotatable bonds is 7. The van der Waals surface area contributed by atoms with E-state index >= 15 is 0 Å². The quantitative estimate of drug-likeness (QED) is 0.713. The molecule has 1 aliphatic heterocycles. The van der Waals surface area contributed by atoms with Crippen LogP contribution in [-0.4, -0.2) is 46.3 Å². The van der Waals surface area contributed by atoms with Crippen molar-refractivity contribution in [1.82, 2.24) is 5.32 Å². The molecule has 1 saturated heterocycles. The molecule has 1 heterocycles. The van der Waals surface area contributed by atoms with Crippen LogP contribution < -0.4 is 10.2 Å². The minimum absolute atomic E-state index is 0.00565. The first-order chi connectivity index (χ1) is 11.3. The van der Waals surface area contributed by atoms with Gasteiger partial charge in [-0.25, -0.2) is 8.42 Å². The lowest BCUT2D eigenvalue weighted by molar-refractivity contribution is -0.928. The standard InChI is InChI=1S/C18H28N2O3S/c1-15-6-3-4-12-20(15)13-5-11-19-18(21)17-9-7-16(8-10-17)14-24(2,22)23/h7-10,15H,3-6,11-14H2,1-2H3,(H,19,21)/p+1/t15-/m1/s1. The number of quaternary nitrogens is 1. The van der Waals surface area contributed by atoms with Gasteiger partial charge in [-0.05, 0) is 43.9 Å². The van der Waals surface area contributed by atoms with Crippen LogP contribution in [0.5, 0.6) is 0 Å². The molecule has 0 saturated carbocycles. The van der Waals surface area contributed by atoms with Gasteiger partial charge < -0.3 is 10.2 Å². The van der Waals surface area contributed by atoms with Crippen LogP contribution >= 0.6 is 0 Å². The van der Waals surface area contributed by atoms with E-state index in [4.69, 9.17) is 0 Å². The Morgan fingerprint density at radius 2 is 1.96 bits per heavy atom. The van der Waals surface area contributed by atoms with Crippen molar-refractivity contribution in [2.45, 2.75) is 44.4 Å². The Hall–Kier alpha value is -1.40. The van der Waals surface area contributed by atoms with Crippen LogP contribution in [-0.2, 0) is 15.6 Å². The first-order valence-electron chi connectivity index (χ1n) is 8.74. The van der Waals surface area contributed by atoms with Gasteiger partial charge in [0.2, 0.25) is 0 Å². The van der Waals surface area contributed by atoms with Crippen LogP contribution in [0.2, 0.25) is 0 Å². The molecule has 24 heavy (non-hydrogen) atoms. The highest BCUT2D eigenvalue weighted by Gasteiger charge is 2.20. The fourth-order valence-electron chi connectivity index (χ4n) is 3.30. The number of sulfone groups is 1. The molecule has 0 radical (unpaired) electrons. The molecule has 0 aromatic heterocycles. The summed E-state index contributed by atoms with van der Waals surface area (Å²) in [4.78, 5) is 13.8. The Morgan fingerprint density at radius 3 is 2.58 bits per heavy atom. The van der Waals surface area contributed by atoms with Gasteiger partial charge in [-0.1, -0.05) is 12.1 Å². The van der Waals surface area contributed by atoms with E-state index in [0.29, 0.717) is 17.7 Å². The Kier molecular flexibility index (Phi) is 6.80. The number of benzene rings is 1. The third-order valence-electron chi connectivity index (χ3n) is 4.69. The average Bonchev–Trinajstić information content (AvgIpc) is 2.52. The molecular weight excluding hydrogens is 324 g/mol. The summed E-state index contributed by atoms with van der Waals surface area (Å²) in [5.41, 5.74) is 1.28. The molecule has 1 aliphatic rings. The van der Waals surface area contributed by atoms with Crippen LogP contribution in [0.1, 0.15) is 48.5 Å². The maximum atomic E-state index is 12.1. The summed E-state index contributed by atoms with van der Waals surface area (Å²) in [6, 6.07) is 7.52. The predicted octanol–water partition coefficient (Wildman–Crippen LogP) is 0.808. The molecule has 5 nitrogen and oxygen atoms in total.